The molecule has 1 nitrogen and oxygen atoms in total. The van der Waals surface area contributed by atoms with Gasteiger partial charge in [0.25, 0.3) is 0 Å². The standard InChI is InChI=1S/C47H40B8O/c1-47(2)28-17-5-3-12-24(28)25-15-8-14-23(38(25)47)21-10-7-11-22(20-21)31-34-36(41(50)45(54)43(52)39(34)48)33(37-35(31)40(49)44(53)46(55)42(37)51)27-16-9-19-30-32(27)26-13-4-6-18-29(26)56-30/h3-20H,48-55H2,1-2H3. The van der Waals surface area contributed by atoms with Crippen molar-refractivity contribution >= 4 is 150 Å². The van der Waals surface area contributed by atoms with Gasteiger partial charge in [-0.2, -0.15) is 0 Å². The molecule has 9 heteroatoms. The van der Waals surface area contributed by atoms with Gasteiger partial charge in [0, 0.05) is 16.2 Å². The fraction of sp³-hybridized carbons (Fsp3) is 0.0638. The van der Waals surface area contributed by atoms with E-state index in [1.165, 1.54) is 126 Å². The Balaban J connectivity index is 1.38. The first-order valence-corrected chi connectivity index (χ1v) is 20.1. The average Bonchev–Trinajstić information content (AvgIpc) is 3.72. The van der Waals surface area contributed by atoms with Crippen LogP contribution in [0.25, 0.3) is 88.0 Å². The van der Waals surface area contributed by atoms with Gasteiger partial charge in [-0.1, -0.05) is 127 Å². The highest BCUT2D eigenvalue weighted by Gasteiger charge is 2.37. The van der Waals surface area contributed by atoms with Crippen LogP contribution in [0.15, 0.2) is 114 Å². The SMILES string of the molecule is Bc1c(B)c(B)c2c(-c3cccc4oc5ccccc5c34)c3c(B)c(B)c(B)c(B)c3c(-c3cccc(-c4cccc5c4C(C)(C)c4ccccc4-5)c3)c2c1B. The van der Waals surface area contributed by atoms with Crippen LogP contribution in [0.1, 0.15) is 25.0 Å². The van der Waals surface area contributed by atoms with Crippen molar-refractivity contribution in [3.63, 3.8) is 0 Å². The third-order valence-electron chi connectivity index (χ3n) is 14.1. The molecule has 1 heterocycles. The second-order valence-corrected chi connectivity index (χ2v) is 17.0. The highest BCUT2D eigenvalue weighted by atomic mass is 16.3. The molecule has 10 rings (SSSR count). The number of para-hydroxylation sites is 1. The predicted molar refractivity (Wildman–Crippen MR) is 268 cm³/mol. The van der Waals surface area contributed by atoms with Crippen LogP contribution >= 0.6 is 0 Å². The van der Waals surface area contributed by atoms with Gasteiger partial charge in [-0.05, 0) is 95.4 Å². The lowest BCUT2D eigenvalue weighted by Crippen LogP contribution is -2.50. The van der Waals surface area contributed by atoms with E-state index in [1.807, 2.05) is 0 Å². The van der Waals surface area contributed by atoms with Crippen molar-refractivity contribution in [3.05, 3.63) is 120 Å². The molecule has 0 saturated carbocycles. The summed E-state index contributed by atoms with van der Waals surface area (Å²) in [6.45, 7) is 4.78. The van der Waals surface area contributed by atoms with Crippen molar-refractivity contribution in [3.8, 4) is 44.5 Å². The molecule has 0 atom stereocenters. The lowest BCUT2D eigenvalue weighted by atomic mass is 9.59. The van der Waals surface area contributed by atoms with E-state index in [0.717, 1.165) is 16.6 Å². The van der Waals surface area contributed by atoms with E-state index >= 15 is 0 Å². The summed E-state index contributed by atoms with van der Waals surface area (Å²) in [4.78, 5) is 0. The zero-order valence-corrected chi connectivity index (χ0v) is 34.3. The minimum atomic E-state index is -0.109. The summed E-state index contributed by atoms with van der Waals surface area (Å²) in [5.41, 5.74) is 25.8. The molecule has 0 bridgehead atoms. The number of rotatable bonds is 3. The summed E-state index contributed by atoms with van der Waals surface area (Å²) in [7, 11) is 18.7. The minimum absolute atomic E-state index is 0.109. The topological polar surface area (TPSA) is 13.1 Å². The first-order chi connectivity index (χ1) is 26.9. The Labute approximate surface area is 336 Å². The lowest BCUT2D eigenvalue weighted by Gasteiger charge is -2.28. The van der Waals surface area contributed by atoms with Crippen molar-refractivity contribution in [2.75, 3.05) is 0 Å². The summed E-state index contributed by atoms with van der Waals surface area (Å²) in [5, 5.41) is 7.75. The van der Waals surface area contributed by atoms with Gasteiger partial charge in [-0.3, -0.25) is 0 Å². The largest absolute Gasteiger partial charge is 0.456 e. The Morgan fingerprint density at radius 1 is 0.393 bits per heavy atom. The molecule has 1 aromatic heterocycles. The summed E-state index contributed by atoms with van der Waals surface area (Å²) in [5.74, 6) is 0. The van der Waals surface area contributed by atoms with Gasteiger partial charge < -0.3 is 4.42 Å². The quantitative estimate of drug-likeness (QED) is 0.175. The summed E-state index contributed by atoms with van der Waals surface area (Å²) in [6.07, 6.45) is 0. The molecular formula is C47H40B8O. The van der Waals surface area contributed by atoms with Gasteiger partial charge in [-0.15, -0.1) is 21.9 Å². The van der Waals surface area contributed by atoms with E-state index in [0.29, 0.717) is 0 Å². The molecule has 0 aliphatic heterocycles. The highest BCUT2D eigenvalue weighted by molar-refractivity contribution is 6.71. The molecule has 1 aliphatic rings. The molecular weight excluding hydrogens is 667 g/mol. The molecule has 56 heavy (non-hydrogen) atoms. The molecule has 0 spiro atoms. The number of furan rings is 1. The van der Waals surface area contributed by atoms with E-state index < -0.39 is 0 Å². The number of hydrogen-bond donors (Lipinski definition) is 0. The van der Waals surface area contributed by atoms with Crippen LogP contribution in [0.2, 0.25) is 0 Å². The monoisotopic (exact) mass is 708 g/mol. The summed E-state index contributed by atoms with van der Waals surface area (Å²) in [6, 6.07) is 40.5. The molecule has 8 aromatic carbocycles. The molecule has 0 unspecified atom stereocenters. The maximum atomic E-state index is 6.55. The first-order valence-electron chi connectivity index (χ1n) is 20.1. The van der Waals surface area contributed by atoms with Crippen molar-refractivity contribution in [2.45, 2.75) is 19.3 Å². The smallest absolute Gasteiger partial charge is 0.139 e. The van der Waals surface area contributed by atoms with Crippen LogP contribution in [-0.2, 0) is 5.41 Å². The van der Waals surface area contributed by atoms with E-state index in [-0.39, 0.29) is 5.41 Å². The fourth-order valence-electron chi connectivity index (χ4n) is 10.6. The molecule has 0 saturated heterocycles. The van der Waals surface area contributed by atoms with Gasteiger partial charge in [0.2, 0.25) is 0 Å². The van der Waals surface area contributed by atoms with Gasteiger partial charge in [0.15, 0.2) is 0 Å². The van der Waals surface area contributed by atoms with E-state index in [4.69, 9.17) is 4.42 Å². The second kappa shape index (κ2) is 12.3. The lowest BCUT2D eigenvalue weighted by molar-refractivity contribution is 0.662. The van der Waals surface area contributed by atoms with E-state index in [1.54, 1.807) is 0 Å². The van der Waals surface area contributed by atoms with Gasteiger partial charge in [0.05, 0.1) is 0 Å². The molecule has 0 fully saturated rings. The van der Waals surface area contributed by atoms with Gasteiger partial charge >= 0.3 is 0 Å². The molecule has 0 N–H and O–H groups in total. The Kier molecular flexibility index (Phi) is 7.70. The number of hydrogen-bond acceptors (Lipinski definition) is 1. The Bertz CT molecular complexity index is 3130. The summed E-state index contributed by atoms with van der Waals surface area (Å²) < 4.78 is 6.55. The van der Waals surface area contributed by atoms with Crippen molar-refractivity contribution in [1.29, 1.82) is 0 Å². The van der Waals surface area contributed by atoms with Crippen molar-refractivity contribution in [2.24, 2.45) is 0 Å². The van der Waals surface area contributed by atoms with Crippen LogP contribution in [0, 0.1) is 0 Å². The highest BCUT2D eigenvalue weighted by Crippen LogP contribution is 2.52. The van der Waals surface area contributed by atoms with Gasteiger partial charge in [-0.25, -0.2) is 0 Å². The number of fused-ring (bicyclic) bond motifs is 8. The maximum Gasteiger partial charge on any atom is 0.139 e. The maximum absolute atomic E-state index is 6.55. The van der Waals surface area contributed by atoms with Crippen LogP contribution in [0.3, 0.4) is 0 Å². The summed E-state index contributed by atoms with van der Waals surface area (Å²) >= 11 is 0. The molecule has 9 aromatic rings. The zero-order valence-electron chi connectivity index (χ0n) is 34.3. The predicted octanol–water partition coefficient (Wildman–Crippen LogP) is -0.733. The van der Waals surface area contributed by atoms with E-state index in [2.05, 4.69) is 186 Å². The van der Waals surface area contributed by atoms with Crippen molar-refractivity contribution in [1.82, 2.24) is 0 Å². The molecule has 1 aliphatic carbocycles. The normalized spacial score (nSPS) is 13.2. The fourth-order valence-corrected chi connectivity index (χ4v) is 10.6. The van der Waals surface area contributed by atoms with Crippen LogP contribution in [0.5, 0.6) is 0 Å². The van der Waals surface area contributed by atoms with Crippen LogP contribution in [-0.4, -0.2) is 62.8 Å². The number of benzene rings is 8. The molecule has 0 radical (unpaired) electrons. The third kappa shape index (κ3) is 4.61. The second-order valence-electron chi connectivity index (χ2n) is 17.0. The van der Waals surface area contributed by atoms with Crippen LogP contribution in [0.4, 0.5) is 0 Å². The zero-order chi connectivity index (χ0) is 38.9. The first kappa shape index (κ1) is 35.0. The van der Waals surface area contributed by atoms with Gasteiger partial charge in [0.1, 0.15) is 73.9 Å². The Morgan fingerprint density at radius 2 is 0.875 bits per heavy atom. The third-order valence-corrected chi connectivity index (χ3v) is 14.1. The molecule has 258 valence electrons. The average molecular weight is 707 g/mol. The van der Waals surface area contributed by atoms with Crippen molar-refractivity contribution < 1.29 is 4.42 Å². The Morgan fingerprint density at radius 3 is 1.55 bits per heavy atom. The van der Waals surface area contributed by atoms with E-state index in [9.17, 15) is 0 Å². The van der Waals surface area contributed by atoms with Crippen LogP contribution < -0.4 is 43.7 Å². The molecule has 0 amide bonds. The Hall–Kier alpha value is -5.40. The minimum Gasteiger partial charge on any atom is -0.456 e.